The van der Waals surface area contributed by atoms with Crippen LogP contribution in [0.5, 0.6) is 5.75 Å². The molecule has 182 valence electrons. The zero-order valence-corrected chi connectivity index (χ0v) is 21.0. The molecule has 1 aliphatic heterocycles. The fraction of sp³-hybridized carbons (Fsp3) is 0.333. The summed E-state index contributed by atoms with van der Waals surface area (Å²) < 4.78 is 6.14. The Balaban J connectivity index is 1.58. The van der Waals surface area contributed by atoms with Crippen LogP contribution in [0.2, 0.25) is 0 Å². The monoisotopic (exact) mass is 470 g/mol. The van der Waals surface area contributed by atoms with E-state index in [1.165, 1.54) is 5.56 Å². The second-order valence-corrected chi connectivity index (χ2v) is 9.31. The molecular weight excluding hydrogens is 436 g/mol. The maximum Gasteiger partial charge on any atom is 0.263 e. The highest BCUT2D eigenvalue weighted by molar-refractivity contribution is 5.80. The predicted octanol–water partition coefficient (Wildman–Crippen LogP) is 5.31. The Morgan fingerprint density at radius 1 is 1.06 bits per heavy atom. The van der Waals surface area contributed by atoms with Crippen LogP contribution in [0, 0.1) is 6.92 Å². The highest BCUT2D eigenvalue weighted by Crippen LogP contribution is 2.38. The molecule has 0 aliphatic carbocycles. The Morgan fingerprint density at radius 3 is 2.54 bits per heavy atom. The fourth-order valence-electron chi connectivity index (χ4n) is 4.84. The van der Waals surface area contributed by atoms with Crippen LogP contribution in [0.15, 0.2) is 72.8 Å². The van der Waals surface area contributed by atoms with E-state index in [9.17, 15) is 9.59 Å². The number of likely N-dealkylation sites (N-methyl/N-ethyl adjacent to an activating group) is 1. The Hall–Kier alpha value is -3.60. The van der Waals surface area contributed by atoms with Crippen molar-refractivity contribution in [2.24, 2.45) is 0 Å². The molecule has 2 amide bonds. The van der Waals surface area contributed by atoms with Crippen molar-refractivity contribution in [1.29, 1.82) is 0 Å². The lowest BCUT2D eigenvalue weighted by atomic mass is 9.87. The number of hydrogen-bond donors (Lipinski definition) is 0. The van der Waals surface area contributed by atoms with Gasteiger partial charge >= 0.3 is 0 Å². The summed E-state index contributed by atoms with van der Waals surface area (Å²) in [5, 5.41) is 0. The van der Waals surface area contributed by atoms with E-state index >= 15 is 0 Å². The summed E-state index contributed by atoms with van der Waals surface area (Å²) in [5.41, 5.74) is 5.61. The number of benzene rings is 3. The van der Waals surface area contributed by atoms with E-state index in [-0.39, 0.29) is 17.9 Å². The number of fused-ring (bicyclic) bond motifs is 1. The van der Waals surface area contributed by atoms with E-state index in [1.807, 2.05) is 60.4 Å². The minimum absolute atomic E-state index is 0.0791. The average molecular weight is 471 g/mol. The van der Waals surface area contributed by atoms with E-state index in [0.717, 1.165) is 28.7 Å². The van der Waals surface area contributed by atoms with E-state index in [2.05, 4.69) is 31.2 Å². The standard InChI is InChI=1S/C30H34N2O3/c1-5-28(33)32-17-16-24-14-15-26(19-27(24)29(32)25-13-9-10-21(2)18-25)35-22(3)30(34)31(4)20-23-11-7-6-8-12-23/h6-15,18-19,22,29H,5,16-17,20H2,1-4H3. The lowest BCUT2D eigenvalue weighted by Gasteiger charge is -2.38. The number of carbonyl (C=O) groups excluding carboxylic acids is 2. The SMILES string of the molecule is CCC(=O)N1CCc2ccc(OC(C)C(=O)N(C)Cc3ccccc3)cc2C1c1cccc(C)c1. The van der Waals surface area contributed by atoms with Gasteiger partial charge in [0.15, 0.2) is 6.10 Å². The van der Waals surface area contributed by atoms with Gasteiger partial charge in [0.2, 0.25) is 5.91 Å². The number of carbonyl (C=O) groups is 2. The summed E-state index contributed by atoms with van der Waals surface area (Å²) in [6, 6.07) is 24.1. The number of nitrogens with zero attached hydrogens (tertiary/aromatic N) is 2. The second kappa shape index (κ2) is 10.8. The first-order valence-electron chi connectivity index (χ1n) is 12.3. The van der Waals surface area contributed by atoms with Crippen LogP contribution < -0.4 is 4.74 Å². The van der Waals surface area contributed by atoms with Crippen molar-refractivity contribution in [2.45, 2.75) is 52.3 Å². The molecule has 5 heteroatoms. The van der Waals surface area contributed by atoms with Crippen molar-refractivity contribution in [3.8, 4) is 5.75 Å². The normalized spacial score (nSPS) is 15.8. The zero-order valence-electron chi connectivity index (χ0n) is 21.0. The third kappa shape index (κ3) is 5.56. The first-order valence-corrected chi connectivity index (χ1v) is 12.3. The quantitative estimate of drug-likeness (QED) is 0.471. The molecule has 5 nitrogen and oxygen atoms in total. The molecule has 4 rings (SSSR count). The maximum absolute atomic E-state index is 13.0. The number of ether oxygens (including phenoxy) is 1. The average Bonchev–Trinajstić information content (AvgIpc) is 2.87. The molecule has 0 N–H and O–H groups in total. The third-order valence-corrected chi connectivity index (χ3v) is 6.63. The maximum atomic E-state index is 13.0. The van der Waals surface area contributed by atoms with Gasteiger partial charge in [0.05, 0.1) is 6.04 Å². The molecule has 0 spiro atoms. The van der Waals surface area contributed by atoms with Crippen LogP contribution >= 0.6 is 0 Å². The highest BCUT2D eigenvalue weighted by atomic mass is 16.5. The summed E-state index contributed by atoms with van der Waals surface area (Å²) in [7, 11) is 1.80. The molecule has 35 heavy (non-hydrogen) atoms. The molecule has 3 aromatic carbocycles. The number of aryl methyl sites for hydroxylation is 1. The Kier molecular flexibility index (Phi) is 7.54. The molecule has 3 aromatic rings. The molecule has 1 heterocycles. The van der Waals surface area contributed by atoms with Gasteiger partial charge in [-0.05, 0) is 54.7 Å². The molecule has 0 saturated heterocycles. The van der Waals surface area contributed by atoms with Crippen LogP contribution in [-0.2, 0) is 22.6 Å². The van der Waals surface area contributed by atoms with Gasteiger partial charge in [0, 0.05) is 26.6 Å². The van der Waals surface area contributed by atoms with Crippen molar-refractivity contribution in [2.75, 3.05) is 13.6 Å². The third-order valence-electron chi connectivity index (χ3n) is 6.63. The lowest BCUT2D eigenvalue weighted by molar-refractivity contribution is -0.137. The summed E-state index contributed by atoms with van der Waals surface area (Å²) in [5.74, 6) is 0.699. The highest BCUT2D eigenvalue weighted by Gasteiger charge is 2.32. The topological polar surface area (TPSA) is 49.9 Å². The second-order valence-electron chi connectivity index (χ2n) is 9.31. The molecule has 1 aliphatic rings. The Bertz CT molecular complexity index is 1190. The van der Waals surface area contributed by atoms with Gasteiger partial charge < -0.3 is 14.5 Å². The number of hydrogen-bond acceptors (Lipinski definition) is 3. The largest absolute Gasteiger partial charge is 0.481 e. The molecule has 0 aromatic heterocycles. The van der Waals surface area contributed by atoms with Crippen LogP contribution in [0.25, 0.3) is 0 Å². The smallest absolute Gasteiger partial charge is 0.263 e. The van der Waals surface area contributed by atoms with Gasteiger partial charge in [-0.1, -0.05) is 73.2 Å². The number of amides is 2. The van der Waals surface area contributed by atoms with E-state index < -0.39 is 6.10 Å². The molecule has 0 fully saturated rings. The summed E-state index contributed by atoms with van der Waals surface area (Å²) in [6.45, 7) is 6.98. The van der Waals surface area contributed by atoms with Crippen LogP contribution in [-0.4, -0.2) is 41.3 Å². The van der Waals surface area contributed by atoms with E-state index in [4.69, 9.17) is 4.74 Å². The van der Waals surface area contributed by atoms with Crippen LogP contribution in [0.1, 0.15) is 54.1 Å². The van der Waals surface area contributed by atoms with Gasteiger partial charge in [-0.25, -0.2) is 0 Å². The van der Waals surface area contributed by atoms with Crippen molar-refractivity contribution >= 4 is 11.8 Å². The van der Waals surface area contributed by atoms with Gasteiger partial charge in [0.25, 0.3) is 5.91 Å². The summed E-state index contributed by atoms with van der Waals surface area (Å²) in [4.78, 5) is 29.5. The van der Waals surface area contributed by atoms with Crippen molar-refractivity contribution in [3.05, 3.63) is 101 Å². The van der Waals surface area contributed by atoms with E-state index in [1.54, 1.807) is 18.9 Å². The first-order chi connectivity index (χ1) is 16.9. The Labute approximate surface area is 208 Å². The van der Waals surface area contributed by atoms with Crippen molar-refractivity contribution < 1.29 is 14.3 Å². The molecule has 0 bridgehead atoms. The molecule has 0 radical (unpaired) electrons. The van der Waals surface area contributed by atoms with E-state index in [0.29, 0.717) is 25.3 Å². The minimum atomic E-state index is -0.629. The lowest BCUT2D eigenvalue weighted by Crippen LogP contribution is -2.40. The van der Waals surface area contributed by atoms with Gasteiger partial charge in [0.1, 0.15) is 5.75 Å². The minimum Gasteiger partial charge on any atom is -0.481 e. The number of rotatable bonds is 7. The molecule has 0 saturated carbocycles. The fourth-order valence-corrected chi connectivity index (χ4v) is 4.84. The summed E-state index contributed by atoms with van der Waals surface area (Å²) in [6.07, 6.45) is 0.640. The molecule has 2 unspecified atom stereocenters. The van der Waals surface area contributed by atoms with Gasteiger partial charge in [-0.2, -0.15) is 0 Å². The van der Waals surface area contributed by atoms with Crippen LogP contribution in [0.3, 0.4) is 0 Å². The first kappa shape index (κ1) is 24.5. The van der Waals surface area contributed by atoms with Crippen molar-refractivity contribution in [3.63, 3.8) is 0 Å². The van der Waals surface area contributed by atoms with Crippen molar-refractivity contribution in [1.82, 2.24) is 9.80 Å². The molecular formula is C30H34N2O3. The summed E-state index contributed by atoms with van der Waals surface area (Å²) >= 11 is 0. The zero-order chi connectivity index (χ0) is 24.9. The predicted molar refractivity (Wildman–Crippen MR) is 138 cm³/mol. The van der Waals surface area contributed by atoms with Gasteiger partial charge in [-0.15, -0.1) is 0 Å². The van der Waals surface area contributed by atoms with Gasteiger partial charge in [-0.3, -0.25) is 9.59 Å². The van der Waals surface area contributed by atoms with Crippen LogP contribution in [0.4, 0.5) is 0 Å². The molecule has 2 atom stereocenters. The Morgan fingerprint density at radius 2 is 1.83 bits per heavy atom.